The van der Waals surface area contributed by atoms with Crippen molar-refractivity contribution in [2.75, 3.05) is 6.61 Å². The van der Waals surface area contributed by atoms with Gasteiger partial charge in [-0.15, -0.1) is 0 Å². The minimum absolute atomic E-state index is 0.0414. The molecule has 1 heterocycles. The van der Waals surface area contributed by atoms with Crippen molar-refractivity contribution >= 4 is 5.91 Å². The van der Waals surface area contributed by atoms with E-state index in [1.165, 1.54) is 0 Å². The highest BCUT2D eigenvalue weighted by atomic mass is 16.3. The number of carbonyl (C=O) groups is 1. The number of imidazole rings is 1. The molecule has 1 aromatic rings. The second kappa shape index (κ2) is 5.65. The van der Waals surface area contributed by atoms with Gasteiger partial charge in [-0.25, -0.2) is 4.98 Å². The molecule has 90 valence electrons. The molecule has 0 radical (unpaired) electrons. The molecule has 0 bridgehead atoms. The number of amides is 1. The van der Waals surface area contributed by atoms with E-state index < -0.39 is 5.54 Å². The Balaban J connectivity index is 2.36. The second-order valence-electron chi connectivity index (χ2n) is 4.17. The first-order valence-corrected chi connectivity index (χ1v) is 5.47. The molecule has 16 heavy (non-hydrogen) atoms. The van der Waals surface area contributed by atoms with E-state index in [9.17, 15) is 4.79 Å². The van der Waals surface area contributed by atoms with Gasteiger partial charge < -0.3 is 15.0 Å². The highest BCUT2D eigenvalue weighted by Gasteiger charge is 2.22. The molecular weight excluding hydrogens is 206 g/mol. The van der Waals surface area contributed by atoms with Crippen LogP contribution in [0.5, 0.6) is 0 Å². The van der Waals surface area contributed by atoms with Gasteiger partial charge in [0.1, 0.15) is 0 Å². The van der Waals surface area contributed by atoms with Crippen LogP contribution in [0.1, 0.15) is 26.7 Å². The van der Waals surface area contributed by atoms with Gasteiger partial charge in [0.05, 0.1) is 18.5 Å². The molecule has 0 aliphatic heterocycles. The molecule has 1 aromatic heterocycles. The van der Waals surface area contributed by atoms with Crippen molar-refractivity contribution in [3.05, 3.63) is 18.7 Å². The van der Waals surface area contributed by atoms with Gasteiger partial charge in [-0.1, -0.05) is 6.92 Å². The molecule has 0 spiro atoms. The van der Waals surface area contributed by atoms with E-state index in [-0.39, 0.29) is 12.5 Å². The van der Waals surface area contributed by atoms with Crippen molar-refractivity contribution in [3.63, 3.8) is 0 Å². The van der Waals surface area contributed by atoms with Gasteiger partial charge >= 0.3 is 0 Å². The molecule has 1 unspecified atom stereocenters. The zero-order chi connectivity index (χ0) is 12.0. The van der Waals surface area contributed by atoms with Crippen molar-refractivity contribution < 1.29 is 9.90 Å². The van der Waals surface area contributed by atoms with E-state index in [0.29, 0.717) is 19.4 Å². The lowest BCUT2D eigenvalue weighted by Gasteiger charge is -2.27. The lowest BCUT2D eigenvalue weighted by atomic mass is 10.0. The first-order valence-electron chi connectivity index (χ1n) is 5.47. The monoisotopic (exact) mass is 225 g/mol. The Labute approximate surface area is 95.5 Å². The summed E-state index contributed by atoms with van der Waals surface area (Å²) in [5.41, 5.74) is -0.508. The number of hydrogen-bond acceptors (Lipinski definition) is 3. The van der Waals surface area contributed by atoms with Gasteiger partial charge in [-0.2, -0.15) is 0 Å². The molecule has 1 rings (SSSR count). The van der Waals surface area contributed by atoms with Crippen LogP contribution < -0.4 is 5.32 Å². The van der Waals surface area contributed by atoms with E-state index in [0.717, 1.165) is 0 Å². The molecule has 0 saturated heterocycles. The van der Waals surface area contributed by atoms with Crippen LogP contribution in [0.2, 0.25) is 0 Å². The summed E-state index contributed by atoms with van der Waals surface area (Å²) in [6, 6.07) is 0. The number of aromatic nitrogens is 2. The number of aliphatic hydroxyl groups excluding tert-OH is 1. The normalized spacial score (nSPS) is 14.4. The molecule has 0 aromatic carbocycles. The number of carbonyl (C=O) groups excluding carboxylic acids is 1. The summed E-state index contributed by atoms with van der Waals surface area (Å²) < 4.78 is 1.85. The number of aliphatic hydroxyl groups is 1. The fraction of sp³-hybridized carbons (Fsp3) is 0.636. The number of nitrogens with one attached hydrogen (secondary N) is 1. The number of nitrogens with zero attached hydrogens (tertiary/aromatic N) is 2. The van der Waals surface area contributed by atoms with Crippen LogP contribution in [0.4, 0.5) is 0 Å². The van der Waals surface area contributed by atoms with Crippen molar-refractivity contribution in [1.29, 1.82) is 0 Å². The fourth-order valence-electron chi connectivity index (χ4n) is 1.29. The van der Waals surface area contributed by atoms with E-state index in [2.05, 4.69) is 10.3 Å². The lowest BCUT2D eigenvalue weighted by molar-refractivity contribution is -0.123. The van der Waals surface area contributed by atoms with Crippen LogP contribution in [0.15, 0.2) is 18.7 Å². The largest absolute Gasteiger partial charge is 0.394 e. The summed E-state index contributed by atoms with van der Waals surface area (Å²) in [5, 5.41) is 12.0. The van der Waals surface area contributed by atoms with Gasteiger partial charge in [-0.05, 0) is 13.3 Å². The maximum atomic E-state index is 11.6. The zero-order valence-corrected chi connectivity index (χ0v) is 9.81. The molecule has 2 N–H and O–H groups in total. The minimum Gasteiger partial charge on any atom is -0.394 e. The topological polar surface area (TPSA) is 67.2 Å². The molecule has 0 aliphatic rings. The molecule has 5 nitrogen and oxygen atoms in total. The number of aryl methyl sites for hydroxylation is 1. The van der Waals surface area contributed by atoms with Crippen LogP contribution in [0, 0.1) is 0 Å². The van der Waals surface area contributed by atoms with Gasteiger partial charge in [0.15, 0.2) is 0 Å². The quantitative estimate of drug-likeness (QED) is 0.743. The molecule has 0 aliphatic carbocycles. The van der Waals surface area contributed by atoms with E-state index in [1.807, 2.05) is 24.6 Å². The zero-order valence-electron chi connectivity index (χ0n) is 9.81. The van der Waals surface area contributed by atoms with Gasteiger partial charge in [0, 0.05) is 25.4 Å². The second-order valence-corrected chi connectivity index (χ2v) is 4.17. The Hall–Kier alpha value is -1.36. The van der Waals surface area contributed by atoms with Crippen molar-refractivity contribution in [1.82, 2.24) is 14.9 Å². The van der Waals surface area contributed by atoms with Gasteiger partial charge in [0.2, 0.25) is 5.91 Å². The van der Waals surface area contributed by atoms with E-state index >= 15 is 0 Å². The summed E-state index contributed by atoms with van der Waals surface area (Å²) in [7, 11) is 0. The van der Waals surface area contributed by atoms with E-state index in [4.69, 9.17) is 5.11 Å². The summed E-state index contributed by atoms with van der Waals surface area (Å²) in [6.07, 6.45) is 6.28. The van der Waals surface area contributed by atoms with Crippen LogP contribution in [0.3, 0.4) is 0 Å². The third-order valence-corrected chi connectivity index (χ3v) is 2.73. The molecule has 0 saturated carbocycles. The van der Waals surface area contributed by atoms with Gasteiger partial charge in [0.25, 0.3) is 0 Å². The molecule has 1 amide bonds. The Morgan fingerprint density at radius 1 is 1.62 bits per heavy atom. The average molecular weight is 225 g/mol. The van der Waals surface area contributed by atoms with Crippen LogP contribution in [0.25, 0.3) is 0 Å². The maximum Gasteiger partial charge on any atom is 0.222 e. The van der Waals surface area contributed by atoms with Crippen LogP contribution in [-0.2, 0) is 11.3 Å². The third-order valence-electron chi connectivity index (χ3n) is 2.73. The average Bonchev–Trinajstić information content (AvgIpc) is 2.79. The van der Waals surface area contributed by atoms with Crippen molar-refractivity contribution in [2.45, 2.75) is 38.8 Å². The van der Waals surface area contributed by atoms with Crippen LogP contribution >= 0.6 is 0 Å². The van der Waals surface area contributed by atoms with Crippen LogP contribution in [-0.4, -0.2) is 32.7 Å². The van der Waals surface area contributed by atoms with Crippen molar-refractivity contribution in [2.24, 2.45) is 0 Å². The Kier molecular flexibility index (Phi) is 4.49. The Morgan fingerprint density at radius 2 is 2.38 bits per heavy atom. The molecule has 1 atom stereocenters. The molecule has 0 fully saturated rings. The predicted octanol–water partition coefficient (Wildman–Crippen LogP) is 0.550. The summed E-state index contributed by atoms with van der Waals surface area (Å²) in [5.74, 6) is -0.0490. The SMILES string of the molecule is CCC(C)(CO)NC(=O)CCn1ccnc1. The third kappa shape index (κ3) is 3.66. The fourth-order valence-corrected chi connectivity index (χ4v) is 1.29. The van der Waals surface area contributed by atoms with Gasteiger partial charge in [-0.3, -0.25) is 4.79 Å². The maximum absolute atomic E-state index is 11.6. The highest BCUT2D eigenvalue weighted by Crippen LogP contribution is 2.07. The first kappa shape index (κ1) is 12.7. The smallest absolute Gasteiger partial charge is 0.222 e. The molecule has 5 heteroatoms. The lowest BCUT2D eigenvalue weighted by Crippen LogP contribution is -2.48. The minimum atomic E-state index is -0.508. The Morgan fingerprint density at radius 3 is 2.88 bits per heavy atom. The highest BCUT2D eigenvalue weighted by molar-refractivity contribution is 5.76. The predicted molar refractivity (Wildman–Crippen MR) is 60.8 cm³/mol. The summed E-state index contributed by atoms with van der Waals surface area (Å²) >= 11 is 0. The van der Waals surface area contributed by atoms with Crippen molar-refractivity contribution in [3.8, 4) is 0 Å². The summed E-state index contributed by atoms with van der Waals surface area (Å²) in [4.78, 5) is 15.5. The molecular formula is C11H19N3O2. The van der Waals surface area contributed by atoms with E-state index in [1.54, 1.807) is 12.5 Å². The standard InChI is InChI=1S/C11H19N3O2/c1-3-11(2,8-15)13-10(16)4-6-14-7-5-12-9-14/h5,7,9,15H,3-4,6,8H2,1-2H3,(H,13,16). The summed E-state index contributed by atoms with van der Waals surface area (Å²) in [6.45, 7) is 4.34. The number of rotatable bonds is 6. The Bertz CT molecular complexity index is 318. The first-order chi connectivity index (χ1) is 7.59. The number of hydrogen-bond donors (Lipinski definition) is 2.